The van der Waals surface area contributed by atoms with Gasteiger partial charge in [-0.15, -0.1) is 0 Å². The Labute approximate surface area is 554 Å². The number of ether oxygens (including phenoxy) is 3. The van der Waals surface area contributed by atoms with Crippen molar-refractivity contribution in [2.75, 3.05) is 116 Å². The number of amides is 5. The van der Waals surface area contributed by atoms with Crippen LogP contribution in [0, 0.1) is 5.82 Å². The molecule has 4 fully saturated rings. The van der Waals surface area contributed by atoms with Crippen molar-refractivity contribution in [2.24, 2.45) is 0 Å². The number of nitrogens with zero attached hydrogens (tertiary/aromatic N) is 6. The number of fused-ring (bicyclic) bond motifs is 2. The fourth-order valence-electron chi connectivity index (χ4n) is 14.0. The van der Waals surface area contributed by atoms with Crippen molar-refractivity contribution in [2.45, 2.75) is 99.8 Å². The number of hydrogen-bond donors (Lipinski definition) is 2. The molecule has 1 spiro atoms. The third kappa shape index (κ3) is 16.7. The Morgan fingerprint density at radius 2 is 1.29 bits per heavy atom. The number of para-hydroxylation sites is 1. The van der Waals surface area contributed by atoms with Gasteiger partial charge in [-0.3, -0.25) is 24.5 Å². The number of nitrogens with one attached hydrogen (secondary N) is 2. The van der Waals surface area contributed by atoms with Crippen molar-refractivity contribution in [1.82, 2.24) is 29.4 Å². The molecule has 510 valence electrons. The molecule has 4 heterocycles. The summed E-state index contributed by atoms with van der Waals surface area (Å²) in [6.45, 7) is 5.95. The molecule has 5 aliphatic rings. The first-order valence-electron chi connectivity index (χ1n) is 33.0. The molecule has 0 aromatic heterocycles. The van der Waals surface area contributed by atoms with Gasteiger partial charge in [0.1, 0.15) is 30.9 Å². The molecule has 2 atom stereocenters. The third-order valence-electron chi connectivity index (χ3n) is 19.7. The number of piperidine rings is 2. The van der Waals surface area contributed by atoms with E-state index in [9.17, 15) is 54.7 Å². The maximum atomic E-state index is 14.2. The van der Waals surface area contributed by atoms with E-state index in [0.717, 1.165) is 84.6 Å². The number of anilines is 2. The summed E-state index contributed by atoms with van der Waals surface area (Å²) in [4.78, 5) is 78.0. The van der Waals surface area contributed by atoms with Gasteiger partial charge in [-0.2, -0.15) is 26.3 Å². The summed E-state index contributed by atoms with van der Waals surface area (Å²) in [5.74, 6) is -1.77. The van der Waals surface area contributed by atoms with Gasteiger partial charge in [-0.1, -0.05) is 91.3 Å². The maximum Gasteiger partial charge on any atom is 0.416 e. The molecule has 0 saturated carbocycles. The molecular weight excluding hydrogens is 1250 g/mol. The van der Waals surface area contributed by atoms with Gasteiger partial charge < -0.3 is 48.9 Å². The maximum absolute atomic E-state index is 14.2. The highest BCUT2D eigenvalue weighted by Crippen LogP contribution is 2.49. The number of piperazine rings is 1. The Bertz CT molecular complexity index is 3640. The van der Waals surface area contributed by atoms with E-state index < -0.39 is 64.6 Å². The molecule has 6 aromatic rings. The van der Waals surface area contributed by atoms with Crippen molar-refractivity contribution >= 4 is 41.1 Å². The Hall–Kier alpha value is -8.38. The van der Waals surface area contributed by atoms with Gasteiger partial charge >= 0.3 is 18.4 Å². The van der Waals surface area contributed by atoms with Gasteiger partial charge in [-0.05, 0) is 147 Å². The van der Waals surface area contributed by atoms with Gasteiger partial charge in [0.15, 0.2) is 0 Å². The van der Waals surface area contributed by atoms with E-state index >= 15 is 0 Å². The first-order valence-corrected chi connectivity index (χ1v) is 33.0. The minimum Gasteiger partial charge on any atom is -0.446 e. The number of halogens is 7. The lowest BCUT2D eigenvalue weighted by molar-refractivity contribution is -0.143. The molecule has 5 amide bonds. The van der Waals surface area contributed by atoms with Gasteiger partial charge in [0.25, 0.3) is 11.8 Å². The van der Waals surface area contributed by atoms with Crippen LogP contribution in [0.1, 0.15) is 106 Å². The molecule has 4 aliphatic heterocycles. The van der Waals surface area contributed by atoms with E-state index in [1.807, 2.05) is 85.9 Å². The van der Waals surface area contributed by atoms with E-state index in [1.165, 1.54) is 24.3 Å². The average Bonchev–Trinajstić information content (AvgIpc) is 1.58. The molecule has 1 aliphatic carbocycles. The Balaban J connectivity index is 0.575. The lowest BCUT2D eigenvalue weighted by atomic mass is 9.72. The third-order valence-corrected chi connectivity index (χ3v) is 19.7. The summed E-state index contributed by atoms with van der Waals surface area (Å²) in [5.41, 5.74) is 1.19. The highest BCUT2D eigenvalue weighted by Gasteiger charge is 2.50. The predicted molar refractivity (Wildman–Crippen MR) is 348 cm³/mol. The van der Waals surface area contributed by atoms with E-state index in [2.05, 4.69) is 32.6 Å². The van der Waals surface area contributed by atoms with Crippen molar-refractivity contribution in [3.05, 3.63) is 190 Å². The number of rotatable bonds is 22. The molecule has 16 nitrogen and oxygen atoms in total. The van der Waals surface area contributed by atoms with E-state index in [0.29, 0.717) is 114 Å². The van der Waals surface area contributed by atoms with Crippen LogP contribution in [-0.2, 0) is 53.6 Å². The van der Waals surface area contributed by atoms with Gasteiger partial charge in [-0.25, -0.2) is 9.18 Å². The van der Waals surface area contributed by atoms with Crippen LogP contribution in [0.15, 0.2) is 146 Å². The number of carbonyl (C=O) groups is 5. The number of benzene rings is 6. The van der Waals surface area contributed by atoms with Crippen LogP contribution >= 0.6 is 0 Å². The zero-order chi connectivity index (χ0) is 67.6. The first kappa shape index (κ1) is 69.0. The molecule has 96 heavy (non-hydrogen) atoms. The largest absolute Gasteiger partial charge is 0.446 e. The van der Waals surface area contributed by atoms with Crippen molar-refractivity contribution < 1.29 is 68.9 Å². The summed E-state index contributed by atoms with van der Waals surface area (Å²) < 4.78 is 116. The standard InChI is InChI=1S/C73H81F7N8O8/c1-83(38-39-84-33-27-60(28-34-84)96-69(93)82-63-17-10-8-15-61(63)51-12-4-2-5-13-51)65(89)18-6-3-11-32-81-59-25-19-52(20-26-59)67(91)87-42-40-86(41-43-87)66(90)48-94-64-46-53-14-7-9-16-62(53)70(64)29-35-85(36-30-70)37-31-71(55-21-23-58(74)24-22-55)49-88(50-95-71)68(92)54-44-56(72(75,76)77)47-57(45-54)73(78,79)80/h2,4-5,7-10,12-17,19-26,44-45,47,60,64,81H,3,6,11,18,27-43,46,48-50H2,1H3,(H,82,93)/t64-,71+/m0/s1. The highest BCUT2D eigenvalue weighted by molar-refractivity contribution is 5.96. The lowest BCUT2D eigenvalue weighted by Crippen LogP contribution is -2.52. The number of likely N-dealkylation sites (N-methyl/N-ethyl adjacent to an activating group) is 1. The molecule has 11 rings (SSSR count). The van der Waals surface area contributed by atoms with Crippen LogP contribution in [0.4, 0.5) is 46.9 Å². The number of carbonyl (C=O) groups excluding carboxylic acids is 5. The van der Waals surface area contributed by atoms with E-state index in [-0.39, 0.29) is 55.6 Å². The summed E-state index contributed by atoms with van der Waals surface area (Å²) >= 11 is 0. The van der Waals surface area contributed by atoms with Crippen LogP contribution in [0.5, 0.6) is 0 Å². The number of likely N-dealkylation sites (tertiary alicyclic amines) is 2. The SMILES string of the molecule is CN(CCN1CCC(OC(=O)Nc2ccccc2-c2ccccc2)CC1)C(=O)CCCCCNc1ccc(C(=O)N2CCN(C(=O)CO[C@H]3Cc4ccccc4C34CCN(CC[C@]3(c5ccc(F)cc5)CN(C(=O)c5cc(C(F)(F)F)cc(C(F)(F)F)c5)CO3)CC4)CC2)cc1. The smallest absolute Gasteiger partial charge is 0.416 e. The summed E-state index contributed by atoms with van der Waals surface area (Å²) in [6.07, 6.45) is -4.57. The first-order chi connectivity index (χ1) is 46.1. The number of alkyl halides is 6. The van der Waals surface area contributed by atoms with Gasteiger partial charge in [0.05, 0.1) is 29.5 Å². The zero-order valence-corrected chi connectivity index (χ0v) is 53.8. The highest BCUT2D eigenvalue weighted by atomic mass is 19.4. The fraction of sp³-hybridized carbons (Fsp3) is 0.438. The van der Waals surface area contributed by atoms with Crippen molar-refractivity contribution in [3.63, 3.8) is 0 Å². The molecular formula is C73H81F7N8O8. The average molecular weight is 1330 g/mol. The van der Waals surface area contributed by atoms with Crippen molar-refractivity contribution in [1.29, 1.82) is 0 Å². The number of unbranched alkanes of at least 4 members (excludes halogenated alkanes) is 2. The Morgan fingerprint density at radius 3 is 1.99 bits per heavy atom. The second kappa shape index (κ2) is 30.4. The van der Waals surface area contributed by atoms with Crippen LogP contribution in [0.3, 0.4) is 0 Å². The molecule has 23 heteroatoms. The van der Waals surface area contributed by atoms with E-state index in [4.69, 9.17) is 14.2 Å². The quantitative estimate of drug-likeness (QED) is 0.0493. The predicted octanol–water partition coefficient (Wildman–Crippen LogP) is 12.3. The molecule has 4 saturated heterocycles. The minimum atomic E-state index is -5.15. The van der Waals surface area contributed by atoms with Crippen LogP contribution in [0.25, 0.3) is 11.1 Å². The van der Waals surface area contributed by atoms with E-state index in [1.54, 1.807) is 26.8 Å². The second-order valence-corrected chi connectivity index (χ2v) is 25.8. The molecule has 0 radical (unpaired) electrons. The Kier molecular flexibility index (Phi) is 21.8. The molecule has 0 bridgehead atoms. The molecule has 6 aromatic carbocycles. The van der Waals surface area contributed by atoms with Crippen molar-refractivity contribution in [3.8, 4) is 11.1 Å². The summed E-state index contributed by atoms with van der Waals surface area (Å²) in [6, 6.07) is 39.3. The Morgan fingerprint density at radius 1 is 0.656 bits per heavy atom. The zero-order valence-electron chi connectivity index (χ0n) is 53.8. The van der Waals surface area contributed by atoms with Gasteiger partial charge in [0, 0.05) is 107 Å². The second-order valence-electron chi connectivity index (χ2n) is 25.8. The molecule has 2 N–H and O–H groups in total. The summed E-state index contributed by atoms with van der Waals surface area (Å²) in [7, 11) is 1.85. The summed E-state index contributed by atoms with van der Waals surface area (Å²) in [5, 5.41) is 6.35. The van der Waals surface area contributed by atoms with Gasteiger partial charge in [0.2, 0.25) is 11.8 Å². The lowest BCUT2D eigenvalue weighted by Gasteiger charge is -2.44. The topological polar surface area (TPSA) is 157 Å². The van der Waals surface area contributed by atoms with Crippen LogP contribution < -0.4 is 10.6 Å². The normalized spacial score (nSPS) is 19.3. The monoisotopic (exact) mass is 1330 g/mol. The van der Waals surface area contributed by atoms with Crippen LogP contribution in [-0.4, -0.2) is 177 Å². The number of hydrogen-bond acceptors (Lipinski definition) is 11. The fourth-order valence-corrected chi connectivity index (χ4v) is 14.0. The van der Waals surface area contributed by atoms with Crippen LogP contribution in [0.2, 0.25) is 0 Å². The minimum absolute atomic E-state index is 0.0278. The molecule has 0 unspecified atom stereocenters.